The molecule has 20 heavy (non-hydrogen) atoms. The van der Waals surface area contributed by atoms with Crippen LogP contribution >= 0.6 is 0 Å². The molecule has 2 aliphatic heterocycles. The van der Waals surface area contributed by atoms with Gasteiger partial charge in [-0.05, 0) is 38.0 Å². The molecule has 5 nitrogen and oxygen atoms in total. The average molecular weight is 282 g/mol. The summed E-state index contributed by atoms with van der Waals surface area (Å²) in [7, 11) is 0. The molecule has 1 N–H and O–H groups in total. The van der Waals surface area contributed by atoms with Gasteiger partial charge >= 0.3 is 6.03 Å². The van der Waals surface area contributed by atoms with Gasteiger partial charge in [0.2, 0.25) is 0 Å². The minimum atomic E-state index is -0.215. The van der Waals surface area contributed by atoms with Gasteiger partial charge in [0.1, 0.15) is 0 Å². The Morgan fingerprint density at radius 3 is 2.50 bits per heavy atom. The summed E-state index contributed by atoms with van der Waals surface area (Å²) < 4.78 is 11.2. The second-order valence-corrected chi connectivity index (χ2v) is 6.20. The van der Waals surface area contributed by atoms with Crippen molar-refractivity contribution in [2.45, 2.75) is 57.3 Å². The average Bonchev–Trinajstić information content (AvgIpc) is 3.18. The molecular weight excluding hydrogens is 256 g/mol. The Morgan fingerprint density at radius 1 is 1.05 bits per heavy atom. The van der Waals surface area contributed by atoms with Gasteiger partial charge in [-0.3, -0.25) is 0 Å². The Morgan fingerprint density at radius 2 is 1.75 bits per heavy atom. The number of urea groups is 1. The molecule has 1 aliphatic carbocycles. The maximum Gasteiger partial charge on any atom is 0.317 e. The van der Waals surface area contributed by atoms with E-state index in [1.165, 1.54) is 25.7 Å². The van der Waals surface area contributed by atoms with Crippen molar-refractivity contribution in [2.24, 2.45) is 5.92 Å². The molecule has 0 radical (unpaired) electrons. The number of carbonyl (C=O) groups is 1. The van der Waals surface area contributed by atoms with Crippen LogP contribution in [-0.2, 0) is 9.47 Å². The van der Waals surface area contributed by atoms with Crippen molar-refractivity contribution < 1.29 is 14.3 Å². The lowest BCUT2D eigenvalue weighted by Crippen LogP contribution is -2.54. The molecule has 1 atom stereocenters. The Labute approximate surface area is 121 Å². The lowest BCUT2D eigenvalue weighted by molar-refractivity contribution is -0.0983. The quantitative estimate of drug-likeness (QED) is 0.862. The van der Waals surface area contributed by atoms with Crippen molar-refractivity contribution in [1.29, 1.82) is 0 Å². The summed E-state index contributed by atoms with van der Waals surface area (Å²) in [6.07, 6.45) is 8.17. The Balaban J connectivity index is 1.52. The summed E-state index contributed by atoms with van der Waals surface area (Å²) in [6.45, 7) is 2.95. The number of hydrogen-bond donors (Lipinski definition) is 1. The molecule has 3 fully saturated rings. The number of ether oxygens (including phenoxy) is 2. The molecule has 0 spiro atoms. The van der Waals surface area contributed by atoms with Crippen LogP contribution in [0.3, 0.4) is 0 Å². The smallest absolute Gasteiger partial charge is 0.317 e. The van der Waals surface area contributed by atoms with E-state index in [9.17, 15) is 4.79 Å². The maximum absolute atomic E-state index is 12.4. The van der Waals surface area contributed by atoms with E-state index in [1.54, 1.807) is 0 Å². The van der Waals surface area contributed by atoms with Gasteiger partial charge in [0.15, 0.2) is 6.29 Å². The van der Waals surface area contributed by atoms with Gasteiger partial charge in [-0.25, -0.2) is 4.79 Å². The van der Waals surface area contributed by atoms with Gasteiger partial charge in [-0.15, -0.1) is 0 Å². The normalized spacial score (nSPS) is 29.0. The van der Waals surface area contributed by atoms with Crippen LogP contribution in [0.15, 0.2) is 0 Å². The Hall–Kier alpha value is -0.810. The van der Waals surface area contributed by atoms with Gasteiger partial charge in [0, 0.05) is 13.1 Å². The molecule has 0 bridgehead atoms. The standard InChI is InChI=1S/C15H26N2O3/c18-15(16-11-12-5-1-2-6-12)17-8-4-3-7-13(17)14-19-9-10-20-14/h12-14H,1-11H2,(H,16,18)/t13-/m0/s1. The highest BCUT2D eigenvalue weighted by Crippen LogP contribution is 2.26. The van der Waals surface area contributed by atoms with Crippen LogP contribution in [0.5, 0.6) is 0 Å². The van der Waals surface area contributed by atoms with Gasteiger partial charge in [0.25, 0.3) is 0 Å². The van der Waals surface area contributed by atoms with Crippen LogP contribution in [0, 0.1) is 5.92 Å². The predicted octanol–water partition coefficient (Wildman–Crippen LogP) is 2.11. The van der Waals surface area contributed by atoms with Crippen molar-refractivity contribution in [3.05, 3.63) is 0 Å². The van der Waals surface area contributed by atoms with Gasteiger partial charge in [0.05, 0.1) is 19.3 Å². The second-order valence-electron chi connectivity index (χ2n) is 6.20. The fourth-order valence-corrected chi connectivity index (χ4v) is 3.64. The van der Waals surface area contributed by atoms with Crippen molar-refractivity contribution in [3.63, 3.8) is 0 Å². The van der Waals surface area contributed by atoms with E-state index in [0.29, 0.717) is 19.1 Å². The third-order valence-corrected chi connectivity index (χ3v) is 4.79. The van der Waals surface area contributed by atoms with E-state index in [1.807, 2.05) is 4.90 Å². The molecule has 2 amide bonds. The SMILES string of the molecule is O=C(NCC1CCCC1)N1CCCC[C@H]1C1OCCO1. The zero-order chi connectivity index (χ0) is 13.8. The van der Waals surface area contributed by atoms with E-state index >= 15 is 0 Å². The Kier molecular flexibility index (Phi) is 4.78. The molecule has 2 saturated heterocycles. The van der Waals surface area contributed by atoms with Crippen LogP contribution in [0.2, 0.25) is 0 Å². The highest BCUT2D eigenvalue weighted by Gasteiger charge is 2.36. The van der Waals surface area contributed by atoms with Gasteiger partial charge < -0.3 is 19.7 Å². The topological polar surface area (TPSA) is 50.8 Å². The molecule has 1 saturated carbocycles. The van der Waals surface area contributed by atoms with E-state index in [2.05, 4.69) is 5.32 Å². The summed E-state index contributed by atoms with van der Waals surface area (Å²) in [5.74, 6) is 0.682. The van der Waals surface area contributed by atoms with Crippen LogP contribution in [-0.4, -0.2) is 49.6 Å². The first-order chi connectivity index (χ1) is 9.84. The minimum absolute atomic E-state index is 0.0701. The number of carbonyl (C=O) groups excluding carboxylic acids is 1. The molecular formula is C15H26N2O3. The number of hydrogen-bond acceptors (Lipinski definition) is 3. The predicted molar refractivity (Wildman–Crippen MR) is 75.4 cm³/mol. The molecule has 0 aromatic rings. The van der Waals surface area contributed by atoms with Crippen molar-refractivity contribution in [1.82, 2.24) is 10.2 Å². The second kappa shape index (κ2) is 6.76. The Bertz CT molecular complexity index is 325. The summed E-state index contributed by atoms with van der Waals surface area (Å²) >= 11 is 0. The molecule has 3 rings (SSSR count). The fourth-order valence-electron chi connectivity index (χ4n) is 3.64. The first kappa shape index (κ1) is 14.1. The number of amides is 2. The summed E-state index contributed by atoms with van der Waals surface area (Å²) in [6, 6.07) is 0.163. The third kappa shape index (κ3) is 3.26. The minimum Gasteiger partial charge on any atom is -0.348 e. The van der Waals surface area contributed by atoms with Crippen LogP contribution in [0.4, 0.5) is 4.79 Å². The highest BCUT2D eigenvalue weighted by molar-refractivity contribution is 5.74. The van der Waals surface area contributed by atoms with E-state index in [-0.39, 0.29) is 18.4 Å². The largest absolute Gasteiger partial charge is 0.348 e. The van der Waals surface area contributed by atoms with E-state index in [0.717, 1.165) is 32.4 Å². The monoisotopic (exact) mass is 282 g/mol. The zero-order valence-corrected chi connectivity index (χ0v) is 12.2. The molecule has 2 heterocycles. The highest BCUT2D eigenvalue weighted by atomic mass is 16.7. The molecule has 0 aromatic carbocycles. The van der Waals surface area contributed by atoms with E-state index < -0.39 is 0 Å². The van der Waals surface area contributed by atoms with Crippen LogP contribution in [0.25, 0.3) is 0 Å². The fraction of sp³-hybridized carbons (Fsp3) is 0.933. The molecule has 0 aromatic heterocycles. The van der Waals surface area contributed by atoms with Gasteiger partial charge in [-0.1, -0.05) is 12.8 Å². The van der Waals surface area contributed by atoms with Crippen LogP contribution < -0.4 is 5.32 Å². The molecule has 114 valence electrons. The first-order valence-electron chi connectivity index (χ1n) is 8.12. The number of likely N-dealkylation sites (tertiary alicyclic amines) is 1. The van der Waals surface area contributed by atoms with Gasteiger partial charge in [-0.2, -0.15) is 0 Å². The molecule has 0 unspecified atom stereocenters. The summed E-state index contributed by atoms with van der Waals surface area (Å²) in [5.41, 5.74) is 0. The van der Waals surface area contributed by atoms with Crippen molar-refractivity contribution in [3.8, 4) is 0 Å². The lowest BCUT2D eigenvalue weighted by atomic mass is 10.0. The van der Waals surface area contributed by atoms with Crippen molar-refractivity contribution in [2.75, 3.05) is 26.3 Å². The first-order valence-corrected chi connectivity index (χ1v) is 8.12. The number of rotatable bonds is 3. The number of nitrogens with one attached hydrogen (secondary N) is 1. The molecule has 5 heteroatoms. The summed E-state index contributed by atoms with van der Waals surface area (Å²) in [4.78, 5) is 14.4. The number of nitrogens with zero attached hydrogens (tertiary/aromatic N) is 1. The van der Waals surface area contributed by atoms with Crippen molar-refractivity contribution >= 4 is 6.03 Å². The molecule has 3 aliphatic rings. The number of piperidine rings is 1. The third-order valence-electron chi connectivity index (χ3n) is 4.79. The lowest BCUT2D eigenvalue weighted by Gasteiger charge is -2.38. The van der Waals surface area contributed by atoms with E-state index in [4.69, 9.17) is 9.47 Å². The maximum atomic E-state index is 12.4. The zero-order valence-electron chi connectivity index (χ0n) is 12.2. The van der Waals surface area contributed by atoms with Crippen LogP contribution in [0.1, 0.15) is 44.9 Å². The summed E-state index contributed by atoms with van der Waals surface area (Å²) in [5, 5.41) is 3.12.